The van der Waals surface area contributed by atoms with Crippen LogP contribution in [0.2, 0.25) is 0 Å². The first-order chi connectivity index (χ1) is 16.7. The Hall–Kier alpha value is -0.330. The van der Waals surface area contributed by atoms with Gasteiger partial charge < -0.3 is 10.0 Å². The molecule has 0 radical (unpaired) electrons. The Morgan fingerprint density at radius 2 is 1.49 bits per heavy atom. The molecule has 3 aliphatic carbocycles. The molecule has 1 saturated heterocycles. The second kappa shape index (κ2) is 12.5. The van der Waals surface area contributed by atoms with Crippen molar-refractivity contribution in [3.05, 3.63) is 0 Å². The average Bonchev–Trinajstić information content (AvgIpc) is 3.34. The molecule has 3 nitrogen and oxygen atoms in total. The van der Waals surface area contributed by atoms with Crippen LogP contribution in [0.15, 0.2) is 0 Å². The number of rotatable bonds is 8. The fraction of sp³-hybridized carbons (Fsp3) is 1.00. The maximum absolute atomic E-state index is 14.1. The van der Waals surface area contributed by atoms with Gasteiger partial charge in [-0.1, -0.05) is 58.8 Å². The lowest BCUT2D eigenvalue weighted by Gasteiger charge is -2.43. The second-order valence-corrected chi connectivity index (χ2v) is 13.0. The molecule has 4 fully saturated rings. The molecule has 204 valence electrons. The van der Waals surface area contributed by atoms with Crippen LogP contribution in [0, 0.1) is 41.4 Å². The molecular formula is C29H51F3N2O. The van der Waals surface area contributed by atoms with Crippen LogP contribution in [-0.4, -0.2) is 48.1 Å². The van der Waals surface area contributed by atoms with Gasteiger partial charge >= 0.3 is 6.18 Å². The van der Waals surface area contributed by atoms with E-state index in [1.807, 2.05) is 0 Å². The van der Waals surface area contributed by atoms with Gasteiger partial charge in [-0.25, -0.2) is 0 Å². The van der Waals surface area contributed by atoms with Crippen LogP contribution in [0.5, 0.6) is 0 Å². The molecule has 0 aromatic carbocycles. The van der Waals surface area contributed by atoms with E-state index in [-0.39, 0.29) is 24.3 Å². The van der Waals surface area contributed by atoms with Gasteiger partial charge in [-0.2, -0.15) is 13.2 Å². The summed E-state index contributed by atoms with van der Waals surface area (Å²) < 4.78 is 42.3. The minimum Gasteiger partial charge on any atom is -0.378 e. The summed E-state index contributed by atoms with van der Waals surface area (Å²) in [6.45, 7) is 7.01. The second-order valence-electron chi connectivity index (χ2n) is 13.0. The summed E-state index contributed by atoms with van der Waals surface area (Å²) in [5.74, 6) is 1.54. The van der Waals surface area contributed by atoms with Crippen LogP contribution >= 0.6 is 0 Å². The molecule has 4 aliphatic rings. The van der Waals surface area contributed by atoms with E-state index in [0.29, 0.717) is 24.8 Å². The third-order valence-corrected chi connectivity index (χ3v) is 10.6. The summed E-state index contributed by atoms with van der Waals surface area (Å²) in [5.41, 5.74) is 0. The summed E-state index contributed by atoms with van der Waals surface area (Å²) >= 11 is 0. The Bertz CT molecular complexity index is 630. The fourth-order valence-electron chi connectivity index (χ4n) is 7.82. The van der Waals surface area contributed by atoms with Gasteiger partial charge in [0.1, 0.15) is 6.23 Å². The van der Waals surface area contributed by atoms with Gasteiger partial charge in [0.05, 0.1) is 5.92 Å². The Morgan fingerprint density at radius 1 is 0.829 bits per heavy atom. The average molecular weight is 501 g/mol. The quantitative estimate of drug-likeness (QED) is 0.352. The topological polar surface area (TPSA) is 35.5 Å². The molecule has 7 unspecified atom stereocenters. The van der Waals surface area contributed by atoms with Crippen LogP contribution in [0.4, 0.5) is 13.2 Å². The normalized spacial score (nSPS) is 37.5. The molecule has 0 amide bonds. The third-order valence-electron chi connectivity index (χ3n) is 10.6. The minimum atomic E-state index is -4.16. The predicted octanol–water partition coefficient (Wildman–Crippen LogP) is 7.00. The van der Waals surface area contributed by atoms with E-state index in [1.165, 1.54) is 38.5 Å². The number of alkyl halides is 3. The van der Waals surface area contributed by atoms with Gasteiger partial charge in [0.2, 0.25) is 0 Å². The van der Waals surface area contributed by atoms with Crippen molar-refractivity contribution in [1.82, 2.24) is 10.2 Å². The van der Waals surface area contributed by atoms with E-state index in [9.17, 15) is 18.3 Å². The van der Waals surface area contributed by atoms with Crippen molar-refractivity contribution in [3.8, 4) is 0 Å². The lowest BCUT2D eigenvalue weighted by atomic mass is 9.74. The number of aliphatic hydroxyl groups is 1. The summed E-state index contributed by atoms with van der Waals surface area (Å²) in [7, 11) is 0. The molecule has 0 aromatic heterocycles. The lowest BCUT2D eigenvalue weighted by Crippen LogP contribution is -2.51. The summed E-state index contributed by atoms with van der Waals surface area (Å²) in [6, 6.07) is -0.233. The van der Waals surface area contributed by atoms with Gasteiger partial charge in [0.15, 0.2) is 0 Å². The van der Waals surface area contributed by atoms with Crippen LogP contribution in [-0.2, 0) is 0 Å². The van der Waals surface area contributed by atoms with E-state index in [4.69, 9.17) is 0 Å². The van der Waals surface area contributed by atoms with Gasteiger partial charge in [0, 0.05) is 12.6 Å². The van der Waals surface area contributed by atoms with Gasteiger partial charge in [-0.3, -0.25) is 5.32 Å². The largest absolute Gasteiger partial charge is 0.392 e. The molecule has 35 heavy (non-hydrogen) atoms. The number of hydrogen-bond acceptors (Lipinski definition) is 3. The fourth-order valence-corrected chi connectivity index (χ4v) is 7.82. The van der Waals surface area contributed by atoms with Crippen LogP contribution < -0.4 is 5.32 Å². The van der Waals surface area contributed by atoms with Crippen molar-refractivity contribution in [2.24, 2.45) is 41.4 Å². The zero-order valence-electron chi connectivity index (χ0n) is 22.2. The monoisotopic (exact) mass is 500 g/mol. The van der Waals surface area contributed by atoms with Crippen molar-refractivity contribution in [3.63, 3.8) is 0 Å². The summed E-state index contributed by atoms with van der Waals surface area (Å²) in [6.07, 6.45) is 10.3. The number of aliphatic hydroxyl groups excluding tert-OH is 1. The van der Waals surface area contributed by atoms with Crippen LogP contribution in [0.25, 0.3) is 0 Å². The molecule has 3 saturated carbocycles. The number of hydrogen-bond donors (Lipinski definition) is 2. The van der Waals surface area contributed by atoms with E-state index >= 15 is 0 Å². The Balaban J connectivity index is 1.22. The Labute approximate surface area is 212 Å². The first-order valence-corrected chi connectivity index (χ1v) is 14.9. The zero-order valence-corrected chi connectivity index (χ0v) is 22.2. The molecule has 0 aromatic rings. The predicted molar refractivity (Wildman–Crippen MR) is 136 cm³/mol. The van der Waals surface area contributed by atoms with Gasteiger partial charge in [0.25, 0.3) is 0 Å². The Kier molecular flexibility index (Phi) is 9.87. The molecule has 1 heterocycles. The minimum absolute atomic E-state index is 0.113. The summed E-state index contributed by atoms with van der Waals surface area (Å²) in [4.78, 5) is 2.32. The van der Waals surface area contributed by atoms with E-state index in [2.05, 4.69) is 24.1 Å². The van der Waals surface area contributed by atoms with Crippen LogP contribution in [0.1, 0.15) is 104 Å². The highest BCUT2D eigenvalue weighted by Crippen LogP contribution is 2.43. The molecule has 1 aliphatic heterocycles. The first-order valence-electron chi connectivity index (χ1n) is 14.9. The highest BCUT2D eigenvalue weighted by molar-refractivity contribution is 4.91. The van der Waals surface area contributed by atoms with Crippen LogP contribution in [0.3, 0.4) is 0 Å². The van der Waals surface area contributed by atoms with Gasteiger partial charge in [-0.05, 0) is 93.5 Å². The highest BCUT2D eigenvalue weighted by atomic mass is 19.4. The third kappa shape index (κ3) is 7.83. The summed E-state index contributed by atoms with van der Waals surface area (Å²) in [5, 5.41) is 14.0. The molecule has 7 atom stereocenters. The van der Waals surface area contributed by atoms with Crippen molar-refractivity contribution < 1.29 is 18.3 Å². The van der Waals surface area contributed by atoms with Crippen molar-refractivity contribution in [1.29, 1.82) is 0 Å². The van der Waals surface area contributed by atoms with Crippen molar-refractivity contribution in [2.45, 2.75) is 122 Å². The Morgan fingerprint density at radius 3 is 2.11 bits per heavy atom. The van der Waals surface area contributed by atoms with E-state index < -0.39 is 18.3 Å². The molecule has 6 heteroatoms. The SMILES string of the molecule is CC1CCC(C(O)NC2CCC(CN3CCC(CCC4CCCC4)CC3)C(C(F)(F)F)C2)CC1C. The molecule has 0 bridgehead atoms. The number of halogens is 3. The molecule has 2 N–H and O–H groups in total. The van der Waals surface area contributed by atoms with E-state index in [0.717, 1.165) is 63.5 Å². The smallest absolute Gasteiger partial charge is 0.378 e. The number of likely N-dealkylation sites (tertiary alicyclic amines) is 1. The zero-order chi connectivity index (χ0) is 25.0. The molecular weight excluding hydrogens is 449 g/mol. The van der Waals surface area contributed by atoms with Crippen molar-refractivity contribution >= 4 is 0 Å². The lowest BCUT2D eigenvalue weighted by molar-refractivity contribution is -0.201. The van der Waals surface area contributed by atoms with E-state index in [1.54, 1.807) is 0 Å². The number of piperidine rings is 1. The highest BCUT2D eigenvalue weighted by Gasteiger charge is 2.48. The molecule has 4 rings (SSSR count). The van der Waals surface area contributed by atoms with Gasteiger partial charge in [-0.15, -0.1) is 0 Å². The number of nitrogens with one attached hydrogen (secondary N) is 1. The first kappa shape index (κ1) is 27.7. The standard InChI is InChI=1S/C29H51F3N2O/c1-20-7-10-24(17-21(20)2)28(35)33-26-12-11-25(27(18-26)29(30,31)32)19-34-15-13-23(14-16-34)9-8-22-5-3-4-6-22/h20-28,33,35H,3-19H2,1-2H3. The van der Waals surface area contributed by atoms with Crippen molar-refractivity contribution in [2.75, 3.05) is 19.6 Å². The maximum atomic E-state index is 14.1. The molecule has 0 spiro atoms. The maximum Gasteiger partial charge on any atom is 0.392 e. The number of nitrogens with zero attached hydrogens (tertiary/aromatic N) is 1.